The lowest BCUT2D eigenvalue weighted by Crippen LogP contribution is -2.27. The Labute approximate surface area is 148 Å². The summed E-state index contributed by atoms with van der Waals surface area (Å²) in [5.41, 5.74) is 1.01. The summed E-state index contributed by atoms with van der Waals surface area (Å²) < 4.78 is 13.4. The molecule has 1 aliphatic rings. The van der Waals surface area contributed by atoms with Crippen molar-refractivity contribution in [3.8, 4) is 11.5 Å². The third kappa shape index (κ3) is 4.32. The molecule has 1 amide bonds. The zero-order valence-corrected chi connectivity index (χ0v) is 14.8. The first kappa shape index (κ1) is 17.3. The van der Waals surface area contributed by atoms with Gasteiger partial charge in [0.25, 0.3) is 0 Å². The fraction of sp³-hybridized carbons (Fsp3) is 0.474. The zero-order chi connectivity index (χ0) is 17.6. The average molecular weight is 343 g/mol. The highest BCUT2D eigenvalue weighted by Gasteiger charge is 2.15. The third-order valence-corrected chi connectivity index (χ3v) is 4.35. The van der Waals surface area contributed by atoms with Gasteiger partial charge in [0.15, 0.2) is 11.5 Å². The Morgan fingerprint density at radius 2 is 2.12 bits per heavy atom. The van der Waals surface area contributed by atoms with Gasteiger partial charge in [-0.3, -0.25) is 4.79 Å². The first-order valence-electron chi connectivity index (χ1n) is 8.86. The molecule has 6 nitrogen and oxygen atoms in total. The molecule has 0 fully saturated rings. The van der Waals surface area contributed by atoms with Gasteiger partial charge in [0.2, 0.25) is 5.91 Å². The van der Waals surface area contributed by atoms with Crippen LogP contribution in [0.1, 0.15) is 44.1 Å². The molecule has 25 heavy (non-hydrogen) atoms. The highest BCUT2D eigenvalue weighted by molar-refractivity contribution is 5.76. The number of carbonyl (C=O) groups excluding carboxylic acids is 1. The Hall–Kier alpha value is -2.50. The molecule has 3 rings (SSSR count). The smallest absolute Gasteiger partial charge is 0.222 e. The van der Waals surface area contributed by atoms with Gasteiger partial charge >= 0.3 is 0 Å². The van der Waals surface area contributed by atoms with Crippen LogP contribution in [0.5, 0.6) is 11.5 Å². The first-order chi connectivity index (χ1) is 12.2. The summed E-state index contributed by atoms with van der Waals surface area (Å²) in [6.07, 6.45) is 5.86. The van der Waals surface area contributed by atoms with Crippen LogP contribution in [0.2, 0.25) is 0 Å². The van der Waals surface area contributed by atoms with Crippen LogP contribution in [-0.2, 0) is 17.8 Å². The number of benzene rings is 1. The number of fused-ring (bicyclic) bond motifs is 1. The van der Waals surface area contributed by atoms with Gasteiger partial charge in [0.1, 0.15) is 5.82 Å². The molecular weight excluding hydrogens is 318 g/mol. The lowest BCUT2D eigenvalue weighted by molar-refractivity contribution is -0.121. The van der Waals surface area contributed by atoms with Crippen LogP contribution in [0.4, 0.5) is 0 Å². The van der Waals surface area contributed by atoms with Gasteiger partial charge in [-0.25, -0.2) is 4.98 Å². The topological polar surface area (TPSA) is 65.4 Å². The van der Waals surface area contributed by atoms with Crippen molar-refractivity contribution in [2.45, 2.75) is 45.7 Å². The Bertz CT molecular complexity index is 726. The van der Waals surface area contributed by atoms with Gasteiger partial charge in [-0.1, -0.05) is 13.0 Å². The second kappa shape index (κ2) is 8.05. The number of amides is 1. The number of rotatable bonds is 6. The number of hydrogen-bond acceptors (Lipinski definition) is 4. The molecule has 1 atom stereocenters. The van der Waals surface area contributed by atoms with Crippen LogP contribution in [0.15, 0.2) is 30.6 Å². The van der Waals surface area contributed by atoms with Crippen LogP contribution < -0.4 is 14.8 Å². The normalized spacial score (nSPS) is 14.6. The molecule has 1 aromatic heterocycles. The summed E-state index contributed by atoms with van der Waals surface area (Å²) in [6.45, 7) is 6.01. The third-order valence-electron chi connectivity index (χ3n) is 4.35. The zero-order valence-electron chi connectivity index (χ0n) is 14.8. The van der Waals surface area contributed by atoms with E-state index in [1.165, 1.54) is 0 Å². The van der Waals surface area contributed by atoms with Crippen molar-refractivity contribution in [2.75, 3.05) is 13.2 Å². The van der Waals surface area contributed by atoms with Crippen molar-refractivity contribution in [1.29, 1.82) is 0 Å². The van der Waals surface area contributed by atoms with E-state index in [9.17, 15) is 4.79 Å². The predicted molar refractivity (Wildman–Crippen MR) is 94.8 cm³/mol. The summed E-state index contributed by atoms with van der Waals surface area (Å²) in [6, 6.07) is 5.76. The summed E-state index contributed by atoms with van der Waals surface area (Å²) in [5, 5.41) is 3.05. The molecule has 0 radical (unpaired) electrons. The fourth-order valence-corrected chi connectivity index (χ4v) is 2.93. The SMILES string of the molecule is CCc1nccn1CCC(=O)NC(C)c1ccc2c(c1)OCCCO2. The highest BCUT2D eigenvalue weighted by atomic mass is 16.5. The lowest BCUT2D eigenvalue weighted by Gasteiger charge is -2.17. The molecule has 6 heteroatoms. The standard InChI is InChI=1S/C19H25N3O3/c1-3-18-20-8-10-22(18)9-7-19(23)21-14(2)15-5-6-16-17(13-15)25-12-4-11-24-16/h5-6,8,10,13-14H,3-4,7,9,11-12H2,1-2H3,(H,21,23). The number of carbonyl (C=O) groups is 1. The molecule has 2 heterocycles. The number of imidazole rings is 1. The fourth-order valence-electron chi connectivity index (χ4n) is 2.93. The van der Waals surface area contributed by atoms with Crippen molar-refractivity contribution in [1.82, 2.24) is 14.9 Å². The molecule has 0 aliphatic carbocycles. The molecule has 2 aromatic rings. The number of hydrogen-bond donors (Lipinski definition) is 1. The van der Waals surface area contributed by atoms with Crippen molar-refractivity contribution < 1.29 is 14.3 Å². The lowest BCUT2D eigenvalue weighted by atomic mass is 10.1. The van der Waals surface area contributed by atoms with E-state index in [0.717, 1.165) is 35.7 Å². The van der Waals surface area contributed by atoms with E-state index in [2.05, 4.69) is 17.2 Å². The molecule has 1 aliphatic heterocycles. The summed E-state index contributed by atoms with van der Waals surface area (Å²) in [7, 11) is 0. The molecular formula is C19H25N3O3. The minimum Gasteiger partial charge on any atom is -0.490 e. The van der Waals surface area contributed by atoms with E-state index in [0.29, 0.717) is 26.2 Å². The molecule has 0 saturated carbocycles. The van der Waals surface area contributed by atoms with E-state index < -0.39 is 0 Å². The molecule has 0 saturated heterocycles. The summed E-state index contributed by atoms with van der Waals surface area (Å²) in [4.78, 5) is 16.5. The van der Waals surface area contributed by atoms with E-state index in [4.69, 9.17) is 9.47 Å². The van der Waals surface area contributed by atoms with Gasteiger partial charge in [0.05, 0.1) is 19.3 Å². The van der Waals surface area contributed by atoms with Crippen molar-refractivity contribution >= 4 is 5.91 Å². The average Bonchev–Trinajstić information content (AvgIpc) is 2.95. The number of aromatic nitrogens is 2. The Kier molecular flexibility index (Phi) is 5.58. The maximum Gasteiger partial charge on any atom is 0.222 e. The molecule has 0 spiro atoms. The maximum atomic E-state index is 12.3. The van der Waals surface area contributed by atoms with E-state index in [1.807, 2.05) is 35.9 Å². The van der Waals surface area contributed by atoms with Gasteiger partial charge in [-0.2, -0.15) is 0 Å². The largest absolute Gasteiger partial charge is 0.490 e. The molecule has 1 unspecified atom stereocenters. The van der Waals surface area contributed by atoms with Gasteiger partial charge in [-0.05, 0) is 24.6 Å². The van der Waals surface area contributed by atoms with Crippen molar-refractivity contribution in [3.05, 3.63) is 42.0 Å². The minimum absolute atomic E-state index is 0.0235. The maximum absolute atomic E-state index is 12.3. The summed E-state index contributed by atoms with van der Waals surface area (Å²) >= 11 is 0. The second-order valence-corrected chi connectivity index (χ2v) is 6.19. The van der Waals surface area contributed by atoms with E-state index >= 15 is 0 Å². The monoisotopic (exact) mass is 343 g/mol. The van der Waals surface area contributed by atoms with Crippen LogP contribution >= 0.6 is 0 Å². The highest BCUT2D eigenvalue weighted by Crippen LogP contribution is 2.32. The van der Waals surface area contributed by atoms with E-state index in [1.54, 1.807) is 6.20 Å². The minimum atomic E-state index is -0.0851. The summed E-state index contributed by atoms with van der Waals surface area (Å²) in [5.74, 6) is 2.55. The Balaban J connectivity index is 1.57. The molecule has 1 N–H and O–H groups in total. The van der Waals surface area contributed by atoms with Gasteiger partial charge in [0, 0.05) is 38.2 Å². The van der Waals surface area contributed by atoms with Crippen LogP contribution in [-0.4, -0.2) is 28.7 Å². The molecule has 1 aromatic carbocycles. The van der Waals surface area contributed by atoms with Gasteiger partial charge < -0.3 is 19.4 Å². The second-order valence-electron chi connectivity index (χ2n) is 6.19. The number of ether oxygens (including phenoxy) is 2. The number of aryl methyl sites for hydroxylation is 2. The van der Waals surface area contributed by atoms with Crippen molar-refractivity contribution in [3.63, 3.8) is 0 Å². The van der Waals surface area contributed by atoms with Crippen LogP contribution in [0, 0.1) is 0 Å². The van der Waals surface area contributed by atoms with Crippen LogP contribution in [0.25, 0.3) is 0 Å². The Morgan fingerprint density at radius 1 is 1.32 bits per heavy atom. The van der Waals surface area contributed by atoms with E-state index in [-0.39, 0.29) is 11.9 Å². The number of nitrogens with zero attached hydrogens (tertiary/aromatic N) is 2. The van der Waals surface area contributed by atoms with Crippen molar-refractivity contribution in [2.24, 2.45) is 0 Å². The quantitative estimate of drug-likeness (QED) is 0.876. The number of nitrogens with one attached hydrogen (secondary N) is 1. The molecule has 134 valence electrons. The van der Waals surface area contributed by atoms with Crippen LogP contribution in [0.3, 0.4) is 0 Å². The molecule has 0 bridgehead atoms. The van der Waals surface area contributed by atoms with Gasteiger partial charge in [-0.15, -0.1) is 0 Å². The Morgan fingerprint density at radius 3 is 2.92 bits per heavy atom. The first-order valence-corrected chi connectivity index (χ1v) is 8.86. The predicted octanol–water partition coefficient (Wildman–Crippen LogP) is 2.87.